The average molecular weight is 240 g/mol. The van der Waals surface area contributed by atoms with E-state index in [0.717, 1.165) is 25.7 Å². The zero-order valence-electron chi connectivity index (χ0n) is 10.7. The number of amides is 1. The highest BCUT2D eigenvalue weighted by atomic mass is 16.5. The van der Waals surface area contributed by atoms with Crippen LogP contribution in [0.5, 0.6) is 0 Å². The van der Waals surface area contributed by atoms with Crippen molar-refractivity contribution in [3.05, 3.63) is 0 Å². The smallest absolute Gasteiger partial charge is 0.239 e. The van der Waals surface area contributed by atoms with Crippen LogP contribution in [0.15, 0.2) is 0 Å². The summed E-state index contributed by atoms with van der Waals surface area (Å²) in [7, 11) is 0. The standard InChI is InChI=1S/C13H24N2O2/c1-13(12(14)16,15-10-7-8-10)9-17-11-5-3-2-4-6-11/h10-11,15H,2-9H2,1H3,(H2,14,16). The number of hydrogen-bond donors (Lipinski definition) is 2. The molecule has 1 unspecified atom stereocenters. The SMILES string of the molecule is CC(COC1CCCCC1)(NC1CC1)C(N)=O. The Labute approximate surface area is 103 Å². The van der Waals surface area contributed by atoms with E-state index in [1.807, 2.05) is 6.92 Å². The van der Waals surface area contributed by atoms with E-state index in [0.29, 0.717) is 18.8 Å². The second-order valence-corrected chi connectivity index (χ2v) is 5.69. The van der Waals surface area contributed by atoms with Crippen molar-refractivity contribution in [3.8, 4) is 0 Å². The molecule has 2 fully saturated rings. The molecule has 0 aromatic carbocycles. The summed E-state index contributed by atoms with van der Waals surface area (Å²) >= 11 is 0. The predicted molar refractivity (Wildman–Crippen MR) is 66.6 cm³/mol. The van der Waals surface area contributed by atoms with Gasteiger partial charge in [0.25, 0.3) is 0 Å². The number of nitrogens with two attached hydrogens (primary N) is 1. The molecule has 0 saturated heterocycles. The van der Waals surface area contributed by atoms with Gasteiger partial charge in [-0.3, -0.25) is 10.1 Å². The fourth-order valence-electron chi connectivity index (χ4n) is 2.38. The highest BCUT2D eigenvalue weighted by molar-refractivity contribution is 5.84. The Bertz CT molecular complexity index is 273. The summed E-state index contributed by atoms with van der Waals surface area (Å²) in [5, 5.41) is 3.31. The molecule has 3 N–H and O–H groups in total. The summed E-state index contributed by atoms with van der Waals surface area (Å²) in [5.74, 6) is -0.305. The zero-order chi connectivity index (χ0) is 12.3. The molecule has 0 heterocycles. The molecule has 2 rings (SSSR count). The van der Waals surface area contributed by atoms with E-state index >= 15 is 0 Å². The molecule has 0 radical (unpaired) electrons. The maximum absolute atomic E-state index is 11.5. The number of carbonyl (C=O) groups is 1. The summed E-state index contributed by atoms with van der Waals surface area (Å²) in [6.45, 7) is 2.26. The van der Waals surface area contributed by atoms with Crippen molar-refractivity contribution in [2.75, 3.05) is 6.61 Å². The highest BCUT2D eigenvalue weighted by Crippen LogP contribution is 2.25. The van der Waals surface area contributed by atoms with E-state index in [1.165, 1.54) is 19.3 Å². The normalized spacial score (nSPS) is 25.5. The third-order valence-corrected chi connectivity index (χ3v) is 3.80. The van der Waals surface area contributed by atoms with Crippen molar-refractivity contribution in [1.82, 2.24) is 5.32 Å². The molecule has 4 nitrogen and oxygen atoms in total. The maximum Gasteiger partial charge on any atom is 0.239 e. The van der Waals surface area contributed by atoms with E-state index in [9.17, 15) is 4.79 Å². The van der Waals surface area contributed by atoms with Crippen molar-refractivity contribution < 1.29 is 9.53 Å². The third kappa shape index (κ3) is 3.68. The molecular formula is C13H24N2O2. The van der Waals surface area contributed by atoms with Gasteiger partial charge < -0.3 is 10.5 Å². The van der Waals surface area contributed by atoms with Gasteiger partial charge in [-0.1, -0.05) is 19.3 Å². The molecule has 98 valence electrons. The molecule has 1 atom stereocenters. The summed E-state index contributed by atoms with van der Waals surface area (Å²) in [6.07, 6.45) is 8.66. The fourth-order valence-corrected chi connectivity index (χ4v) is 2.38. The van der Waals surface area contributed by atoms with Gasteiger partial charge in [-0.15, -0.1) is 0 Å². The number of hydrogen-bond acceptors (Lipinski definition) is 3. The first-order chi connectivity index (χ1) is 8.10. The minimum Gasteiger partial charge on any atom is -0.376 e. The molecular weight excluding hydrogens is 216 g/mol. The van der Waals surface area contributed by atoms with Gasteiger partial charge in [0.2, 0.25) is 5.91 Å². The minimum atomic E-state index is -0.696. The summed E-state index contributed by atoms with van der Waals surface area (Å²) in [6, 6.07) is 0.461. The third-order valence-electron chi connectivity index (χ3n) is 3.80. The van der Waals surface area contributed by atoms with Gasteiger partial charge in [0, 0.05) is 6.04 Å². The molecule has 2 aliphatic carbocycles. The first-order valence-electron chi connectivity index (χ1n) is 6.79. The first-order valence-corrected chi connectivity index (χ1v) is 6.79. The molecule has 0 aromatic rings. The van der Waals surface area contributed by atoms with E-state index in [-0.39, 0.29) is 5.91 Å². The Balaban J connectivity index is 1.81. The Kier molecular flexibility index (Phi) is 4.05. The van der Waals surface area contributed by atoms with Gasteiger partial charge in [0.1, 0.15) is 5.54 Å². The lowest BCUT2D eigenvalue weighted by molar-refractivity contribution is -0.128. The molecule has 0 spiro atoms. The summed E-state index contributed by atoms with van der Waals surface area (Å²) in [4.78, 5) is 11.5. The van der Waals surface area contributed by atoms with Gasteiger partial charge in [-0.05, 0) is 32.6 Å². The Morgan fingerprint density at radius 2 is 1.94 bits per heavy atom. The number of nitrogens with one attached hydrogen (secondary N) is 1. The molecule has 2 saturated carbocycles. The van der Waals surface area contributed by atoms with Gasteiger partial charge in [0.05, 0.1) is 12.7 Å². The van der Waals surface area contributed by atoms with Crippen molar-refractivity contribution >= 4 is 5.91 Å². The van der Waals surface area contributed by atoms with Gasteiger partial charge in [-0.25, -0.2) is 0 Å². The second-order valence-electron chi connectivity index (χ2n) is 5.69. The van der Waals surface area contributed by atoms with Crippen molar-refractivity contribution in [2.24, 2.45) is 5.73 Å². The van der Waals surface area contributed by atoms with E-state index in [1.54, 1.807) is 0 Å². The number of rotatable bonds is 6. The fraction of sp³-hybridized carbons (Fsp3) is 0.923. The van der Waals surface area contributed by atoms with E-state index in [4.69, 9.17) is 10.5 Å². The van der Waals surface area contributed by atoms with Crippen LogP contribution in [0, 0.1) is 0 Å². The largest absolute Gasteiger partial charge is 0.376 e. The van der Waals surface area contributed by atoms with Crippen LogP contribution in [-0.2, 0) is 9.53 Å². The molecule has 17 heavy (non-hydrogen) atoms. The van der Waals surface area contributed by atoms with Crippen LogP contribution in [0.1, 0.15) is 51.9 Å². The summed E-state index contributed by atoms with van der Waals surface area (Å²) < 4.78 is 5.87. The predicted octanol–water partition coefficient (Wildman–Crippen LogP) is 1.33. The maximum atomic E-state index is 11.5. The van der Waals surface area contributed by atoms with Crippen LogP contribution in [0.2, 0.25) is 0 Å². The quantitative estimate of drug-likeness (QED) is 0.736. The number of ether oxygens (including phenoxy) is 1. The Morgan fingerprint density at radius 1 is 1.29 bits per heavy atom. The number of primary amides is 1. The molecule has 0 aromatic heterocycles. The van der Waals surface area contributed by atoms with Crippen LogP contribution in [0.25, 0.3) is 0 Å². The van der Waals surface area contributed by atoms with Crippen LogP contribution >= 0.6 is 0 Å². The lowest BCUT2D eigenvalue weighted by Gasteiger charge is -2.31. The topological polar surface area (TPSA) is 64.3 Å². The lowest BCUT2D eigenvalue weighted by Crippen LogP contribution is -2.57. The van der Waals surface area contributed by atoms with Crippen molar-refractivity contribution in [3.63, 3.8) is 0 Å². The van der Waals surface area contributed by atoms with Gasteiger partial charge in [0.15, 0.2) is 0 Å². The Hall–Kier alpha value is -0.610. The zero-order valence-corrected chi connectivity index (χ0v) is 10.7. The van der Waals surface area contributed by atoms with E-state index in [2.05, 4.69) is 5.32 Å². The number of carbonyl (C=O) groups excluding carboxylic acids is 1. The molecule has 2 aliphatic rings. The lowest BCUT2D eigenvalue weighted by atomic mass is 9.97. The van der Waals surface area contributed by atoms with Crippen molar-refractivity contribution in [1.29, 1.82) is 0 Å². The van der Waals surface area contributed by atoms with Crippen LogP contribution in [-0.4, -0.2) is 30.2 Å². The summed E-state index contributed by atoms with van der Waals surface area (Å²) in [5.41, 5.74) is 4.79. The monoisotopic (exact) mass is 240 g/mol. The average Bonchev–Trinajstić information content (AvgIpc) is 3.11. The minimum absolute atomic E-state index is 0.305. The highest BCUT2D eigenvalue weighted by Gasteiger charge is 2.37. The van der Waals surface area contributed by atoms with Crippen LogP contribution in [0.3, 0.4) is 0 Å². The van der Waals surface area contributed by atoms with Crippen LogP contribution in [0.4, 0.5) is 0 Å². The second kappa shape index (κ2) is 5.36. The van der Waals surface area contributed by atoms with Gasteiger partial charge in [-0.2, -0.15) is 0 Å². The first kappa shape index (κ1) is 12.8. The Morgan fingerprint density at radius 3 is 2.47 bits per heavy atom. The molecule has 0 aliphatic heterocycles. The van der Waals surface area contributed by atoms with Gasteiger partial charge >= 0.3 is 0 Å². The van der Waals surface area contributed by atoms with Crippen molar-refractivity contribution in [2.45, 2.75) is 69.6 Å². The van der Waals surface area contributed by atoms with Crippen LogP contribution < -0.4 is 11.1 Å². The molecule has 0 bridgehead atoms. The molecule has 4 heteroatoms. The van der Waals surface area contributed by atoms with E-state index < -0.39 is 5.54 Å². The molecule has 1 amide bonds.